The molecular formula is C15H16N4S. The van der Waals surface area contributed by atoms with Crippen molar-refractivity contribution in [2.75, 3.05) is 5.75 Å². The van der Waals surface area contributed by atoms with Gasteiger partial charge in [0.05, 0.1) is 23.1 Å². The number of fused-ring (bicyclic) bond motifs is 1. The molecule has 0 N–H and O–H groups in total. The average molecular weight is 284 g/mol. The smallest absolute Gasteiger partial charge is 0.118 e. The minimum atomic E-state index is 0.966. The van der Waals surface area contributed by atoms with Crippen LogP contribution >= 0.6 is 11.8 Å². The van der Waals surface area contributed by atoms with Gasteiger partial charge < -0.3 is 4.57 Å². The molecule has 0 aliphatic carbocycles. The largest absolute Gasteiger partial charge is 0.337 e. The van der Waals surface area contributed by atoms with E-state index >= 15 is 0 Å². The number of nitrogens with zero attached hydrogens (tertiary/aromatic N) is 4. The van der Waals surface area contributed by atoms with Crippen LogP contribution in [0.2, 0.25) is 0 Å². The Balaban J connectivity index is 1.63. The van der Waals surface area contributed by atoms with Crippen LogP contribution in [0, 0.1) is 6.92 Å². The van der Waals surface area contributed by atoms with E-state index in [4.69, 9.17) is 4.98 Å². The lowest BCUT2D eigenvalue weighted by molar-refractivity contribution is 0.683. The lowest BCUT2D eigenvalue weighted by atomic mass is 10.3. The van der Waals surface area contributed by atoms with Crippen molar-refractivity contribution >= 4 is 22.8 Å². The number of imidazole rings is 1. The summed E-state index contributed by atoms with van der Waals surface area (Å²) in [5, 5.41) is 1.04. The minimum Gasteiger partial charge on any atom is -0.337 e. The van der Waals surface area contributed by atoms with Gasteiger partial charge in [-0.2, -0.15) is 0 Å². The molecule has 0 saturated carbocycles. The Kier molecular flexibility index (Phi) is 3.97. The molecule has 2 heterocycles. The van der Waals surface area contributed by atoms with Gasteiger partial charge in [-0.3, -0.25) is 0 Å². The molecule has 5 heteroatoms. The summed E-state index contributed by atoms with van der Waals surface area (Å²) in [6.07, 6.45) is 6.75. The quantitative estimate of drug-likeness (QED) is 0.532. The molecule has 0 amide bonds. The number of aryl methyl sites for hydroxylation is 2. The highest BCUT2D eigenvalue weighted by atomic mass is 32.2. The third kappa shape index (κ3) is 2.99. The molecule has 20 heavy (non-hydrogen) atoms. The van der Waals surface area contributed by atoms with E-state index in [1.165, 1.54) is 0 Å². The average Bonchev–Trinajstić information content (AvgIpc) is 2.97. The normalized spacial score (nSPS) is 11.1. The third-order valence-corrected chi connectivity index (χ3v) is 4.21. The molecule has 2 aromatic heterocycles. The Bertz CT molecular complexity index is 694. The van der Waals surface area contributed by atoms with Crippen LogP contribution in [0.5, 0.6) is 0 Å². The number of aromatic nitrogens is 4. The van der Waals surface area contributed by atoms with Gasteiger partial charge in [0.25, 0.3) is 0 Å². The number of para-hydroxylation sites is 2. The first-order chi connectivity index (χ1) is 9.83. The van der Waals surface area contributed by atoms with Crippen LogP contribution in [0.15, 0.2) is 48.0 Å². The fourth-order valence-corrected chi connectivity index (χ4v) is 2.93. The Morgan fingerprint density at radius 2 is 1.95 bits per heavy atom. The predicted octanol–water partition coefficient (Wildman–Crippen LogP) is 3.32. The fourth-order valence-electron chi connectivity index (χ4n) is 2.04. The zero-order chi connectivity index (χ0) is 13.8. The van der Waals surface area contributed by atoms with Gasteiger partial charge in [-0.25, -0.2) is 15.0 Å². The maximum absolute atomic E-state index is 4.69. The Morgan fingerprint density at radius 3 is 2.70 bits per heavy atom. The minimum absolute atomic E-state index is 0.966. The van der Waals surface area contributed by atoms with Crippen molar-refractivity contribution < 1.29 is 0 Å². The standard InChI is InChI=1S/C15H16N4S/c1-12-15(18-14-6-3-2-5-13(14)17-12)20-10-4-8-19-9-7-16-11-19/h2-3,5-7,9,11H,4,8,10H2,1H3. The SMILES string of the molecule is Cc1nc2ccccc2nc1SCCCn1ccnc1. The van der Waals surface area contributed by atoms with Gasteiger partial charge in [0, 0.05) is 24.7 Å². The van der Waals surface area contributed by atoms with E-state index in [0.29, 0.717) is 0 Å². The van der Waals surface area contributed by atoms with E-state index in [0.717, 1.165) is 40.5 Å². The summed E-state index contributed by atoms with van der Waals surface area (Å²) < 4.78 is 2.10. The fraction of sp³-hybridized carbons (Fsp3) is 0.267. The van der Waals surface area contributed by atoms with Gasteiger partial charge in [-0.05, 0) is 25.5 Å². The Morgan fingerprint density at radius 1 is 1.15 bits per heavy atom. The number of hydrogen-bond acceptors (Lipinski definition) is 4. The molecule has 0 aliphatic heterocycles. The van der Waals surface area contributed by atoms with Crippen LogP contribution in [-0.2, 0) is 6.54 Å². The van der Waals surface area contributed by atoms with Crippen LogP contribution in [-0.4, -0.2) is 25.3 Å². The molecule has 0 unspecified atom stereocenters. The van der Waals surface area contributed by atoms with Gasteiger partial charge in [-0.1, -0.05) is 12.1 Å². The lowest BCUT2D eigenvalue weighted by Crippen LogP contribution is -1.97. The third-order valence-electron chi connectivity index (χ3n) is 3.06. The molecule has 1 aromatic carbocycles. The molecule has 4 nitrogen and oxygen atoms in total. The summed E-state index contributed by atoms with van der Waals surface area (Å²) in [5.41, 5.74) is 2.94. The first-order valence-electron chi connectivity index (χ1n) is 6.65. The number of hydrogen-bond donors (Lipinski definition) is 0. The maximum Gasteiger partial charge on any atom is 0.118 e. The van der Waals surface area contributed by atoms with E-state index in [9.17, 15) is 0 Å². The second-order valence-electron chi connectivity index (χ2n) is 4.61. The van der Waals surface area contributed by atoms with E-state index < -0.39 is 0 Å². The van der Waals surface area contributed by atoms with Crippen molar-refractivity contribution in [2.45, 2.75) is 24.9 Å². The molecule has 102 valence electrons. The van der Waals surface area contributed by atoms with Gasteiger partial charge in [-0.15, -0.1) is 11.8 Å². The van der Waals surface area contributed by atoms with Crippen molar-refractivity contribution in [3.8, 4) is 0 Å². The second-order valence-corrected chi connectivity index (χ2v) is 5.69. The molecule has 3 aromatic rings. The van der Waals surface area contributed by atoms with E-state index in [-0.39, 0.29) is 0 Å². The van der Waals surface area contributed by atoms with Crippen LogP contribution in [0.25, 0.3) is 11.0 Å². The first kappa shape index (κ1) is 13.1. The Labute approximate surface area is 122 Å². The molecule has 0 spiro atoms. The summed E-state index contributed by atoms with van der Waals surface area (Å²) in [7, 11) is 0. The molecule has 0 fully saturated rings. The molecule has 0 aliphatic rings. The van der Waals surface area contributed by atoms with E-state index in [2.05, 4.69) is 14.5 Å². The summed E-state index contributed by atoms with van der Waals surface area (Å²) >= 11 is 1.78. The highest BCUT2D eigenvalue weighted by Crippen LogP contribution is 2.22. The summed E-state index contributed by atoms with van der Waals surface area (Å²) in [6, 6.07) is 8.01. The topological polar surface area (TPSA) is 43.6 Å². The van der Waals surface area contributed by atoms with Crippen molar-refractivity contribution in [1.29, 1.82) is 0 Å². The lowest BCUT2D eigenvalue weighted by Gasteiger charge is -2.06. The van der Waals surface area contributed by atoms with Crippen molar-refractivity contribution in [3.63, 3.8) is 0 Å². The summed E-state index contributed by atoms with van der Waals surface area (Å²) in [6.45, 7) is 3.02. The van der Waals surface area contributed by atoms with Gasteiger partial charge in [0.2, 0.25) is 0 Å². The predicted molar refractivity (Wildman–Crippen MR) is 81.8 cm³/mol. The number of rotatable bonds is 5. The van der Waals surface area contributed by atoms with E-state index in [1.54, 1.807) is 11.8 Å². The van der Waals surface area contributed by atoms with Gasteiger partial charge >= 0.3 is 0 Å². The van der Waals surface area contributed by atoms with Crippen LogP contribution in [0.1, 0.15) is 12.1 Å². The number of thioether (sulfide) groups is 1. The first-order valence-corrected chi connectivity index (χ1v) is 7.63. The molecular weight excluding hydrogens is 268 g/mol. The molecule has 3 rings (SSSR count). The van der Waals surface area contributed by atoms with Gasteiger partial charge in [0.15, 0.2) is 0 Å². The maximum atomic E-state index is 4.69. The molecule has 0 radical (unpaired) electrons. The monoisotopic (exact) mass is 284 g/mol. The zero-order valence-electron chi connectivity index (χ0n) is 11.4. The zero-order valence-corrected chi connectivity index (χ0v) is 12.2. The summed E-state index contributed by atoms with van der Waals surface area (Å²) in [5.74, 6) is 1.03. The highest BCUT2D eigenvalue weighted by molar-refractivity contribution is 7.99. The Hall–Kier alpha value is -1.88. The van der Waals surface area contributed by atoms with E-state index in [1.807, 2.05) is 49.9 Å². The van der Waals surface area contributed by atoms with Crippen LogP contribution < -0.4 is 0 Å². The van der Waals surface area contributed by atoms with Crippen LogP contribution in [0.3, 0.4) is 0 Å². The van der Waals surface area contributed by atoms with Crippen molar-refractivity contribution in [3.05, 3.63) is 48.7 Å². The molecule has 0 bridgehead atoms. The number of benzene rings is 1. The molecule has 0 saturated heterocycles. The van der Waals surface area contributed by atoms with Crippen molar-refractivity contribution in [2.24, 2.45) is 0 Å². The van der Waals surface area contributed by atoms with Gasteiger partial charge in [0.1, 0.15) is 5.03 Å². The highest BCUT2D eigenvalue weighted by Gasteiger charge is 2.05. The summed E-state index contributed by atoms with van der Waals surface area (Å²) in [4.78, 5) is 13.3. The van der Waals surface area contributed by atoms with Crippen molar-refractivity contribution in [1.82, 2.24) is 19.5 Å². The second kappa shape index (κ2) is 6.05. The molecule has 0 atom stereocenters. The van der Waals surface area contributed by atoms with Crippen LogP contribution in [0.4, 0.5) is 0 Å².